The number of carbonyl (C=O) groups is 2. The molecule has 5 heteroatoms. The SMILES string of the molecule is CC1(NC(=O)c2ccc(C(=O)O)c(Br)c2)CC=CC1. The molecule has 0 aliphatic heterocycles. The van der Waals surface area contributed by atoms with E-state index in [2.05, 4.69) is 21.2 Å². The maximum atomic E-state index is 12.1. The Hall–Kier alpha value is -1.62. The van der Waals surface area contributed by atoms with E-state index in [1.807, 2.05) is 19.1 Å². The third-order valence-electron chi connectivity index (χ3n) is 3.18. The highest BCUT2D eigenvalue weighted by atomic mass is 79.9. The fraction of sp³-hybridized carbons (Fsp3) is 0.286. The van der Waals surface area contributed by atoms with Gasteiger partial charge in [0.1, 0.15) is 0 Å². The van der Waals surface area contributed by atoms with Gasteiger partial charge in [0.05, 0.1) is 5.56 Å². The highest BCUT2D eigenvalue weighted by Crippen LogP contribution is 2.24. The predicted octanol–water partition coefficient (Wildman–Crippen LogP) is 2.99. The zero-order chi connectivity index (χ0) is 14.0. The van der Waals surface area contributed by atoms with Crippen molar-refractivity contribution in [2.24, 2.45) is 0 Å². The molecule has 1 aliphatic carbocycles. The molecule has 100 valence electrons. The van der Waals surface area contributed by atoms with Gasteiger partial charge in [0.25, 0.3) is 5.91 Å². The van der Waals surface area contributed by atoms with E-state index in [1.54, 1.807) is 0 Å². The molecule has 4 nitrogen and oxygen atoms in total. The first-order valence-corrected chi connectivity index (χ1v) is 6.71. The van der Waals surface area contributed by atoms with E-state index in [0.29, 0.717) is 10.0 Å². The number of carboxylic acids is 1. The lowest BCUT2D eigenvalue weighted by molar-refractivity contribution is 0.0695. The standard InChI is InChI=1S/C14H14BrNO3/c1-14(6-2-3-7-14)16-12(17)9-4-5-10(13(18)19)11(15)8-9/h2-5,8H,6-7H2,1H3,(H,16,17)(H,18,19). The van der Waals surface area contributed by atoms with Gasteiger partial charge in [0.15, 0.2) is 0 Å². The van der Waals surface area contributed by atoms with Gasteiger partial charge in [0.2, 0.25) is 0 Å². The number of aromatic carboxylic acids is 1. The first kappa shape index (κ1) is 13.8. The van der Waals surface area contributed by atoms with Crippen molar-refractivity contribution < 1.29 is 14.7 Å². The number of carbonyl (C=O) groups excluding carboxylic acids is 1. The number of rotatable bonds is 3. The Bertz CT molecular complexity index is 558. The van der Waals surface area contributed by atoms with E-state index >= 15 is 0 Å². The summed E-state index contributed by atoms with van der Waals surface area (Å²) >= 11 is 3.17. The third-order valence-corrected chi connectivity index (χ3v) is 3.84. The Labute approximate surface area is 119 Å². The summed E-state index contributed by atoms with van der Waals surface area (Å²) in [6, 6.07) is 4.48. The smallest absolute Gasteiger partial charge is 0.336 e. The van der Waals surface area contributed by atoms with Crippen molar-refractivity contribution in [3.05, 3.63) is 46.0 Å². The van der Waals surface area contributed by atoms with Crippen LogP contribution in [0.25, 0.3) is 0 Å². The van der Waals surface area contributed by atoms with Crippen molar-refractivity contribution >= 4 is 27.8 Å². The fourth-order valence-corrected chi connectivity index (χ4v) is 2.60. The highest BCUT2D eigenvalue weighted by molar-refractivity contribution is 9.10. The second kappa shape index (κ2) is 5.17. The van der Waals surface area contributed by atoms with Gasteiger partial charge in [-0.05, 0) is 53.9 Å². The average Bonchev–Trinajstić information content (AvgIpc) is 2.75. The Morgan fingerprint density at radius 2 is 1.95 bits per heavy atom. The Kier molecular flexibility index (Phi) is 3.75. The molecular weight excluding hydrogens is 310 g/mol. The van der Waals surface area contributed by atoms with Gasteiger partial charge in [-0.3, -0.25) is 4.79 Å². The summed E-state index contributed by atoms with van der Waals surface area (Å²) in [5.74, 6) is -1.21. The topological polar surface area (TPSA) is 66.4 Å². The molecule has 1 aromatic carbocycles. The van der Waals surface area contributed by atoms with E-state index in [4.69, 9.17) is 5.11 Å². The van der Waals surface area contributed by atoms with Crippen LogP contribution < -0.4 is 5.32 Å². The molecule has 2 rings (SSSR count). The number of carboxylic acid groups (broad SMARTS) is 1. The normalized spacial score (nSPS) is 16.3. The van der Waals surface area contributed by atoms with Crippen LogP contribution in [0.2, 0.25) is 0 Å². The number of nitrogens with one attached hydrogen (secondary N) is 1. The summed E-state index contributed by atoms with van der Waals surface area (Å²) in [5, 5.41) is 11.9. The minimum Gasteiger partial charge on any atom is -0.478 e. The molecule has 0 bridgehead atoms. The van der Waals surface area contributed by atoms with Gasteiger partial charge in [-0.15, -0.1) is 0 Å². The van der Waals surface area contributed by atoms with E-state index in [0.717, 1.165) is 12.8 Å². The highest BCUT2D eigenvalue weighted by Gasteiger charge is 2.27. The number of halogens is 1. The van der Waals surface area contributed by atoms with Crippen LogP contribution in [0.4, 0.5) is 0 Å². The second-order valence-electron chi connectivity index (χ2n) is 4.89. The van der Waals surface area contributed by atoms with Crippen LogP contribution in [0.3, 0.4) is 0 Å². The Balaban J connectivity index is 2.16. The monoisotopic (exact) mass is 323 g/mol. The fourth-order valence-electron chi connectivity index (χ4n) is 2.05. The van der Waals surface area contributed by atoms with E-state index in [9.17, 15) is 9.59 Å². The molecule has 0 fully saturated rings. The summed E-state index contributed by atoms with van der Waals surface area (Å²) in [6.07, 6.45) is 5.72. The predicted molar refractivity (Wildman–Crippen MR) is 75.3 cm³/mol. The number of hydrogen-bond donors (Lipinski definition) is 2. The maximum absolute atomic E-state index is 12.1. The van der Waals surface area contributed by atoms with Gasteiger partial charge < -0.3 is 10.4 Å². The molecule has 0 heterocycles. The zero-order valence-electron chi connectivity index (χ0n) is 10.4. The van der Waals surface area contributed by atoms with Gasteiger partial charge >= 0.3 is 5.97 Å². The van der Waals surface area contributed by atoms with Crippen molar-refractivity contribution in [1.29, 1.82) is 0 Å². The summed E-state index contributed by atoms with van der Waals surface area (Å²) in [6.45, 7) is 1.99. The number of amides is 1. The summed E-state index contributed by atoms with van der Waals surface area (Å²) in [7, 11) is 0. The quantitative estimate of drug-likeness (QED) is 0.840. The average molecular weight is 324 g/mol. The minimum atomic E-state index is -1.02. The Morgan fingerprint density at radius 3 is 2.47 bits per heavy atom. The molecule has 0 spiro atoms. The molecule has 2 N–H and O–H groups in total. The first-order valence-electron chi connectivity index (χ1n) is 5.92. The van der Waals surface area contributed by atoms with Crippen molar-refractivity contribution in [2.45, 2.75) is 25.3 Å². The molecule has 1 aliphatic rings. The van der Waals surface area contributed by atoms with Crippen LogP contribution in [0.5, 0.6) is 0 Å². The molecule has 0 radical (unpaired) electrons. The molecule has 1 aromatic rings. The van der Waals surface area contributed by atoms with Crippen LogP contribution in [0.1, 0.15) is 40.5 Å². The van der Waals surface area contributed by atoms with Crippen molar-refractivity contribution in [3.8, 4) is 0 Å². The number of hydrogen-bond acceptors (Lipinski definition) is 2. The molecule has 0 aromatic heterocycles. The maximum Gasteiger partial charge on any atom is 0.336 e. The van der Waals surface area contributed by atoms with Crippen molar-refractivity contribution in [2.75, 3.05) is 0 Å². The molecule has 1 amide bonds. The van der Waals surface area contributed by atoms with Crippen molar-refractivity contribution in [1.82, 2.24) is 5.32 Å². The largest absolute Gasteiger partial charge is 0.478 e. The van der Waals surface area contributed by atoms with Crippen LogP contribution in [0, 0.1) is 0 Å². The third kappa shape index (κ3) is 3.04. The summed E-state index contributed by atoms with van der Waals surface area (Å²) in [4.78, 5) is 23.0. The van der Waals surface area contributed by atoms with Gasteiger partial charge in [-0.1, -0.05) is 12.2 Å². The van der Waals surface area contributed by atoms with Crippen LogP contribution in [0.15, 0.2) is 34.8 Å². The van der Waals surface area contributed by atoms with Crippen LogP contribution in [-0.4, -0.2) is 22.5 Å². The van der Waals surface area contributed by atoms with Crippen molar-refractivity contribution in [3.63, 3.8) is 0 Å². The second-order valence-corrected chi connectivity index (χ2v) is 5.75. The molecule has 0 unspecified atom stereocenters. The minimum absolute atomic E-state index is 0.144. The lowest BCUT2D eigenvalue weighted by atomic mass is 9.99. The van der Waals surface area contributed by atoms with Gasteiger partial charge in [-0.25, -0.2) is 4.79 Å². The van der Waals surface area contributed by atoms with E-state index in [1.165, 1.54) is 18.2 Å². The number of benzene rings is 1. The summed E-state index contributed by atoms with van der Waals surface area (Å²) in [5.41, 5.74) is 0.352. The molecule has 19 heavy (non-hydrogen) atoms. The van der Waals surface area contributed by atoms with Crippen LogP contribution in [-0.2, 0) is 0 Å². The van der Waals surface area contributed by atoms with Gasteiger partial charge in [0, 0.05) is 15.6 Å². The first-order chi connectivity index (χ1) is 8.91. The van der Waals surface area contributed by atoms with Gasteiger partial charge in [-0.2, -0.15) is 0 Å². The van der Waals surface area contributed by atoms with E-state index < -0.39 is 5.97 Å². The van der Waals surface area contributed by atoms with Crippen LogP contribution >= 0.6 is 15.9 Å². The lowest BCUT2D eigenvalue weighted by Crippen LogP contribution is -2.43. The van der Waals surface area contributed by atoms with E-state index in [-0.39, 0.29) is 17.0 Å². The molecule has 0 saturated heterocycles. The molecule has 0 atom stereocenters. The molecular formula is C14H14BrNO3. The summed E-state index contributed by atoms with van der Waals surface area (Å²) < 4.78 is 0.405. The lowest BCUT2D eigenvalue weighted by Gasteiger charge is -2.25. The zero-order valence-corrected chi connectivity index (χ0v) is 12.0. The molecule has 0 saturated carbocycles. The Morgan fingerprint density at radius 1 is 1.32 bits per heavy atom.